The number of hydrogen-bond donors (Lipinski definition) is 2. The number of aliphatic carboxylic acids is 1. The molecular weight excluding hydrogens is 324 g/mol. The van der Waals surface area contributed by atoms with E-state index in [0.717, 1.165) is 17.4 Å². The number of carboxylic acids is 1. The summed E-state index contributed by atoms with van der Waals surface area (Å²) in [5.74, 6) is -1.31. The van der Waals surface area contributed by atoms with Gasteiger partial charge in [0.1, 0.15) is 0 Å². The highest BCUT2D eigenvalue weighted by Crippen LogP contribution is 2.34. The van der Waals surface area contributed by atoms with Gasteiger partial charge >= 0.3 is 5.97 Å². The number of anilines is 1. The van der Waals surface area contributed by atoms with E-state index in [0.29, 0.717) is 24.2 Å². The molecule has 1 fully saturated rings. The normalized spacial score (nSPS) is 22.6. The maximum absolute atomic E-state index is 11.5. The van der Waals surface area contributed by atoms with Crippen LogP contribution in [0.5, 0.6) is 0 Å². The predicted octanol–water partition coefficient (Wildman–Crippen LogP) is 2.24. The number of piperidine rings is 1. The number of carbonyl (C=O) groups is 2. The first-order chi connectivity index (χ1) is 9.33. The van der Waals surface area contributed by atoms with Gasteiger partial charge < -0.3 is 15.7 Å². The van der Waals surface area contributed by atoms with Gasteiger partial charge in [0.25, 0.3) is 5.91 Å². The van der Waals surface area contributed by atoms with E-state index in [4.69, 9.17) is 5.73 Å². The molecule has 1 heterocycles. The van der Waals surface area contributed by atoms with Gasteiger partial charge in [-0.25, -0.2) is 0 Å². The topological polar surface area (TPSA) is 83.6 Å². The molecule has 6 heteroatoms. The maximum atomic E-state index is 11.5. The van der Waals surface area contributed by atoms with Crippen LogP contribution in [0.25, 0.3) is 0 Å². The highest BCUT2D eigenvalue weighted by molar-refractivity contribution is 9.10. The second-order valence-corrected chi connectivity index (χ2v) is 6.33. The first-order valence-electron chi connectivity index (χ1n) is 6.41. The number of carbonyl (C=O) groups excluding carboxylic acids is 1. The summed E-state index contributed by atoms with van der Waals surface area (Å²) in [7, 11) is 0. The Bertz CT molecular complexity index is 561. The molecule has 0 spiro atoms. The molecule has 1 atom stereocenters. The van der Waals surface area contributed by atoms with E-state index in [9.17, 15) is 14.7 Å². The van der Waals surface area contributed by atoms with Gasteiger partial charge in [-0.05, 0) is 38.0 Å². The fourth-order valence-electron chi connectivity index (χ4n) is 2.59. The number of halogens is 1. The van der Waals surface area contributed by atoms with Crippen LogP contribution in [0.15, 0.2) is 22.7 Å². The Kier molecular flexibility index (Phi) is 4.04. The molecule has 1 aromatic rings. The van der Waals surface area contributed by atoms with Crippen LogP contribution in [0.3, 0.4) is 0 Å². The molecule has 0 bridgehead atoms. The van der Waals surface area contributed by atoms with Gasteiger partial charge in [0, 0.05) is 17.6 Å². The third-order valence-electron chi connectivity index (χ3n) is 3.78. The fraction of sp³-hybridized carbons (Fsp3) is 0.429. The molecule has 0 radical (unpaired) electrons. The monoisotopic (exact) mass is 340 g/mol. The van der Waals surface area contributed by atoms with E-state index in [-0.39, 0.29) is 0 Å². The van der Waals surface area contributed by atoms with E-state index in [1.54, 1.807) is 19.1 Å². The minimum Gasteiger partial charge on any atom is -0.481 e. The summed E-state index contributed by atoms with van der Waals surface area (Å²) in [5, 5.41) is 9.37. The number of rotatable bonds is 3. The summed E-state index contributed by atoms with van der Waals surface area (Å²) in [6.07, 6.45) is 1.41. The largest absolute Gasteiger partial charge is 0.481 e. The van der Waals surface area contributed by atoms with Crippen molar-refractivity contribution in [3.63, 3.8) is 0 Å². The molecule has 1 aliphatic heterocycles. The number of hydrogen-bond acceptors (Lipinski definition) is 3. The van der Waals surface area contributed by atoms with Gasteiger partial charge in [-0.15, -0.1) is 0 Å². The minimum atomic E-state index is -0.808. The number of benzene rings is 1. The van der Waals surface area contributed by atoms with Crippen LogP contribution in [0, 0.1) is 5.41 Å². The molecule has 3 N–H and O–H groups in total. The molecule has 108 valence electrons. The van der Waals surface area contributed by atoms with Gasteiger partial charge in [-0.1, -0.05) is 15.9 Å². The number of nitrogens with zero attached hydrogens (tertiary/aromatic N) is 1. The third kappa shape index (κ3) is 2.80. The molecule has 1 aromatic carbocycles. The van der Waals surface area contributed by atoms with E-state index < -0.39 is 17.3 Å². The zero-order valence-corrected chi connectivity index (χ0v) is 12.8. The minimum absolute atomic E-state index is 0.374. The van der Waals surface area contributed by atoms with E-state index in [2.05, 4.69) is 15.9 Å². The van der Waals surface area contributed by atoms with Crippen molar-refractivity contribution in [3.8, 4) is 0 Å². The molecule has 1 saturated heterocycles. The predicted molar refractivity (Wildman–Crippen MR) is 79.8 cm³/mol. The number of nitrogens with two attached hydrogens (primary N) is 1. The second kappa shape index (κ2) is 5.44. The van der Waals surface area contributed by atoms with Crippen LogP contribution < -0.4 is 10.6 Å². The Morgan fingerprint density at radius 3 is 2.75 bits per heavy atom. The average molecular weight is 341 g/mol. The van der Waals surface area contributed by atoms with Crippen LogP contribution in [-0.4, -0.2) is 30.1 Å². The Balaban J connectivity index is 2.38. The molecule has 0 saturated carbocycles. The van der Waals surface area contributed by atoms with Crippen LogP contribution in [0.4, 0.5) is 5.69 Å². The van der Waals surface area contributed by atoms with E-state index >= 15 is 0 Å². The van der Waals surface area contributed by atoms with Gasteiger partial charge in [-0.2, -0.15) is 0 Å². The van der Waals surface area contributed by atoms with Gasteiger partial charge in [0.2, 0.25) is 0 Å². The van der Waals surface area contributed by atoms with Crippen molar-refractivity contribution in [1.82, 2.24) is 0 Å². The quantitative estimate of drug-likeness (QED) is 0.883. The zero-order chi connectivity index (χ0) is 14.9. The van der Waals surface area contributed by atoms with Crippen LogP contribution in [-0.2, 0) is 4.79 Å². The lowest BCUT2D eigenvalue weighted by Crippen LogP contribution is -2.46. The molecular formula is C14H17BrN2O3. The highest BCUT2D eigenvalue weighted by atomic mass is 79.9. The molecule has 0 aromatic heterocycles. The number of carboxylic acid groups (broad SMARTS) is 1. The lowest BCUT2D eigenvalue weighted by Gasteiger charge is -2.39. The summed E-state index contributed by atoms with van der Waals surface area (Å²) in [6.45, 7) is 2.84. The van der Waals surface area contributed by atoms with Crippen molar-refractivity contribution >= 4 is 33.5 Å². The third-order valence-corrected chi connectivity index (χ3v) is 4.27. The van der Waals surface area contributed by atoms with Crippen LogP contribution in [0.1, 0.15) is 30.1 Å². The molecule has 20 heavy (non-hydrogen) atoms. The Labute approximate surface area is 125 Å². The summed E-state index contributed by atoms with van der Waals surface area (Å²) in [6, 6.07) is 5.23. The van der Waals surface area contributed by atoms with Crippen molar-refractivity contribution in [2.45, 2.75) is 19.8 Å². The Morgan fingerprint density at radius 1 is 1.45 bits per heavy atom. The first-order valence-corrected chi connectivity index (χ1v) is 7.20. The van der Waals surface area contributed by atoms with Gasteiger partial charge in [0.05, 0.1) is 16.7 Å². The number of primary amides is 1. The lowest BCUT2D eigenvalue weighted by molar-refractivity contribution is -0.148. The zero-order valence-electron chi connectivity index (χ0n) is 11.2. The smallest absolute Gasteiger partial charge is 0.311 e. The standard InChI is InChI=1S/C14H17BrN2O3/c1-14(13(19)20)5-2-6-17(8-14)11-7-9(15)3-4-10(11)12(16)18/h3-4,7H,2,5-6,8H2,1H3,(H2,16,18)(H,19,20). The van der Waals surface area contributed by atoms with Crippen molar-refractivity contribution in [2.24, 2.45) is 11.1 Å². The summed E-state index contributed by atoms with van der Waals surface area (Å²) in [5.41, 5.74) is 5.72. The second-order valence-electron chi connectivity index (χ2n) is 5.42. The first kappa shape index (κ1) is 14.8. The highest BCUT2D eigenvalue weighted by Gasteiger charge is 2.38. The van der Waals surface area contributed by atoms with Crippen molar-refractivity contribution in [1.29, 1.82) is 0 Å². The van der Waals surface area contributed by atoms with Crippen LogP contribution >= 0.6 is 15.9 Å². The molecule has 1 aliphatic rings. The summed E-state index contributed by atoms with van der Waals surface area (Å²) in [4.78, 5) is 24.9. The molecule has 1 unspecified atom stereocenters. The Morgan fingerprint density at radius 2 is 2.15 bits per heavy atom. The van der Waals surface area contributed by atoms with Crippen LogP contribution in [0.2, 0.25) is 0 Å². The Hall–Kier alpha value is -1.56. The molecule has 0 aliphatic carbocycles. The van der Waals surface area contributed by atoms with E-state index in [1.165, 1.54) is 0 Å². The van der Waals surface area contributed by atoms with Crippen molar-refractivity contribution < 1.29 is 14.7 Å². The summed E-state index contributed by atoms with van der Waals surface area (Å²) < 4.78 is 0.833. The molecule has 2 rings (SSSR count). The average Bonchev–Trinajstić information content (AvgIpc) is 2.38. The van der Waals surface area contributed by atoms with E-state index in [1.807, 2.05) is 11.0 Å². The fourth-order valence-corrected chi connectivity index (χ4v) is 2.94. The summed E-state index contributed by atoms with van der Waals surface area (Å²) >= 11 is 3.37. The van der Waals surface area contributed by atoms with Crippen molar-refractivity contribution in [3.05, 3.63) is 28.2 Å². The molecule has 1 amide bonds. The van der Waals surface area contributed by atoms with Gasteiger partial charge in [0.15, 0.2) is 0 Å². The molecule has 5 nitrogen and oxygen atoms in total. The lowest BCUT2D eigenvalue weighted by atomic mass is 9.81. The van der Waals surface area contributed by atoms with Gasteiger partial charge in [-0.3, -0.25) is 9.59 Å². The maximum Gasteiger partial charge on any atom is 0.311 e. The SMILES string of the molecule is CC1(C(=O)O)CCCN(c2cc(Br)ccc2C(N)=O)C1. The number of amides is 1. The van der Waals surface area contributed by atoms with Crippen molar-refractivity contribution in [2.75, 3.05) is 18.0 Å².